The summed E-state index contributed by atoms with van der Waals surface area (Å²) in [5.74, 6) is 0. The van der Waals surface area contributed by atoms with E-state index in [2.05, 4.69) is 5.10 Å². The van der Waals surface area contributed by atoms with Gasteiger partial charge in [-0.05, 0) is 12.5 Å². The number of alkyl halides is 1. The first-order valence-electron chi connectivity index (χ1n) is 3.93. The van der Waals surface area contributed by atoms with Gasteiger partial charge in [-0.3, -0.25) is 4.68 Å². The minimum Gasteiger partial charge on any atom is -0.379 e. The van der Waals surface area contributed by atoms with Gasteiger partial charge in [-0.1, -0.05) is 0 Å². The predicted octanol–water partition coefficient (Wildman–Crippen LogP) is 1.26. The number of methoxy groups -OCH3 is 1. The molecule has 68 valence electrons. The van der Waals surface area contributed by atoms with Gasteiger partial charge < -0.3 is 4.74 Å². The molecule has 1 unspecified atom stereocenters. The molecule has 1 heterocycles. The van der Waals surface area contributed by atoms with Crippen LogP contribution in [0.3, 0.4) is 0 Å². The molecule has 4 heteroatoms. The molecule has 0 aromatic carbocycles. The lowest BCUT2D eigenvalue weighted by molar-refractivity contribution is 0.0684. The van der Waals surface area contributed by atoms with E-state index in [4.69, 9.17) is 4.74 Å². The highest BCUT2D eigenvalue weighted by Crippen LogP contribution is 2.00. The van der Waals surface area contributed by atoms with Crippen molar-refractivity contribution in [3.8, 4) is 0 Å². The van der Waals surface area contributed by atoms with E-state index in [0.717, 1.165) is 0 Å². The van der Waals surface area contributed by atoms with Crippen LogP contribution in [0.15, 0.2) is 18.5 Å². The van der Waals surface area contributed by atoms with Crippen molar-refractivity contribution in [2.24, 2.45) is 0 Å². The maximum atomic E-state index is 12.1. The van der Waals surface area contributed by atoms with Crippen LogP contribution < -0.4 is 0 Å². The SMILES string of the molecule is COC(CF)CCn1cccn1. The fraction of sp³-hybridized carbons (Fsp3) is 0.625. The highest BCUT2D eigenvalue weighted by Gasteiger charge is 2.05. The van der Waals surface area contributed by atoms with Gasteiger partial charge in [0.25, 0.3) is 0 Å². The van der Waals surface area contributed by atoms with Crippen molar-refractivity contribution in [1.29, 1.82) is 0 Å². The Morgan fingerprint density at radius 1 is 1.67 bits per heavy atom. The largest absolute Gasteiger partial charge is 0.379 e. The third-order valence-corrected chi connectivity index (χ3v) is 1.74. The van der Waals surface area contributed by atoms with Crippen molar-refractivity contribution in [3.05, 3.63) is 18.5 Å². The molecule has 1 rings (SSSR count). The molecule has 0 spiro atoms. The minimum absolute atomic E-state index is 0.297. The Hall–Kier alpha value is -0.900. The van der Waals surface area contributed by atoms with Gasteiger partial charge in [-0.2, -0.15) is 5.10 Å². The second-order valence-corrected chi connectivity index (χ2v) is 2.57. The van der Waals surface area contributed by atoms with Gasteiger partial charge in [0.1, 0.15) is 6.67 Å². The molecule has 0 fully saturated rings. The smallest absolute Gasteiger partial charge is 0.116 e. The molecule has 0 N–H and O–H groups in total. The van der Waals surface area contributed by atoms with E-state index in [0.29, 0.717) is 13.0 Å². The van der Waals surface area contributed by atoms with Gasteiger partial charge in [0, 0.05) is 26.0 Å². The van der Waals surface area contributed by atoms with E-state index >= 15 is 0 Å². The van der Waals surface area contributed by atoms with Gasteiger partial charge in [0.15, 0.2) is 0 Å². The molecule has 0 aliphatic rings. The van der Waals surface area contributed by atoms with Crippen molar-refractivity contribution >= 4 is 0 Å². The molecule has 1 atom stereocenters. The molecule has 0 bridgehead atoms. The van der Waals surface area contributed by atoms with Gasteiger partial charge in [-0.25, -0.2) is 4.39 Å². The lowest BCUT2D eigenvalue weighted by Crippen LogP contribution is -2.16. The predicted molar refractivity (Wildman–Crippen MR) is 43.6 cm³/mol. The number of aromatic nitrogens is 2. The van der Waals surface area contributed by atoms with E-state index in [1.807, 2.05) is 12.3 Å². The molecule has 0 aliphatic carbocycles. The van der Waals surface area contributed by atoms with Crippen molar-refractivity contribution in [1.82, 2.24) is 9.78 Å². The van der Waals surface area contributed by atoms with Crippen LogP contribution in [0, 0.1) is 0 Å². The summed E-state index contributed by atoms with van der Waals surface area (Å²) in [7, 11) is 1.52. The summed E-state index contributed by atoms with van der Waals surface area (Å²) < 4.78 is 18.8. The highest BCUT2D eigenvalue weighted by atomic mass is 19.1. The Bertz CT molecular complexity index is 197. The highest BCUT2D eigenvalue weighted by molar-refractivity contribution is 4.77. The Morgan fingerprint density at radius 2 is 2.50 bits per heavy atom. The molecule has 1 aromatic rings. The topological polar surface area (TPSA) is 27.1 Å². The summed E-state index contributed by atoms with van der Waals surface area (Å²) in [6, 6.07) is 1.84. The number of halogens is 1. The zero-order chi connectivity index (χ0) is 8.81. The first kappa shape index (κ1) is 9.19. The summed E-state index contributed by atoms with van der Waals surface area (Å²) in [4.78, 5) is 0. The van der Waals surface area contributed by atoms with Gasteiger partial charge in [0.05, 0.1) is 6.10 Å². The average molecular weight is 172 g/mol. The average Bonchev–Trinajstić information content (AvgIpc) is 2.59. The lowest BCUT2D eigenvalue weighted by Gasteiger charge is -2.10. The summed E-state index contributed by atoms with van der Waals surface area (Å²) in [6.45, 7) is 0.271. The fourth-order valence-corrected chi connectivity index (χ4v) is 0.967. The van der Waals surface area contributed by atoms with Crippen LogP contribution in [0.5, 0.6) is 0 Å². The molecule has 3 nitrogen and oxygen atoms in total. The number of aryl methyl sites for hydroxylation is 1. The van der Waals surface area contributed by atoms with E-state index in [1.54, 1.807) is 10.9 Å². The Kier molecular flexibility index (Phi) is 3.73. The summed E-state index contributed by atoms with van der Waals surface area (Å²) >= 11 is 0. The molecular formula is C8H13FN2O. The Morgan fingerprint density at radius 3 is 3.00 bits per heavy atom. The number of hydrogen-bond acceptors (Lipinski definition) is 2. The maximum absolute atomic E-state index is 12.1. The number of nitrogens with zero attached hydrogens (tertiary/aromatic N) is 2. The van der Waals surface area contributed by atoms with Crippen LogP contribution >= 0.6 is 0 Å². The maximum Gasteiger partial charge on any atom is 0.116 e. The van der Waals surface area contributed by atoms with E-state index in [1.165, 1.54) is 7.11 Å². The van der Waals surface area contributed by atoms with Gasteiger partial charge in [-0.15, -0.1) is 0 Å². The fourth-order valence-electron chi connectivity index (χ4n) is 0.967. The van der Waals surface area contributed by atoms with Crippen LogP contribution in [0.1, 0.15) is 6.42 Å². The second-order valence-electron chi connectivity index (χ2n) is 2.57. The summed E-state index contributed by atoms with van der Waals surface area (Å²) in [5.41, 5.74) is 0. The zero-order valence-electron chi connectivity index (χ0n) is 7.11. The molecule has 0 saturated heterocycles. The number of rotatable bonds is 5. The molecule has 12 heavy (non-hydrogen) atoms. The Balaban J connectivity index is 2.25. The monoisotopic (exact) mass is 172 g/mol. The Labute approximate surface area is 71.1 Å². The molecule has 0 saturated carbocycles. The normalized spacial score (nSPS) is 13.2. The third-order valence-electron chi connectivity index (χ3n) is 1.74. The van der Waals surface area contributed by atoms with Gasteiger partial charge in [0.2, 0.25) is 0 Å². The van der Waals surface area contributed by atoms with Crippen molar-refractivity contribution < 1.29 is 9.13 Å². The van der Waals surface area contributed by atoms with E-state index < -0.39 is 6.67 Å². The minimum atomic E-state index is -0.433. The summed E-state index contributed by atoms with van der Waals surface area (Å²) in [5, 5.41) is 4.00. The second kappa shape index (κ2) is 4.87. The van der Waals surface area contributed by atoms with Crippen LogP contribution in [-0.4, -0.2) is 29.7 Å². The molecule has 1 aromatic heterocycles. The standard InChI is InChI=1S/C8H13FN2O/c1-12-8(7-9)3-6-11-5-2-4-10-11/h2,4-5,8H,3,6-7H2,1H3. The van der Waals surface area contributed by atoms with E-state index in [9.17, 15) is 4.39 Å². The van der Waals surface area contributed by atoms with Crippen LogP contribution in [0.4, 0.5) is 4.39 Å². The quantitative estimate of drug-likeness (QED) is 0.668. The first-order valence-corrected chi connectivity index (χ1v) is 3.93. The van der Waals surface area contributed by atoms with Crippen LogP contribution in [-0.2, 0) is 11.3 Å². The molecular weight excluding hydrogens is 159 g/mol. The third kappa shape index (κ3) is 2.62. The van der Waals surface area contributed by atoms with Crippen molar-refractivity contribution in [3.63, 3.8) is 0 Å². The molecule has 0 radical (unpaired) electrons. The van der Waals surface area contributed by atoms with Crippen molar-refractivity contribution in [2.45, 2.75) is 19.1 Å². The number of ether oxygens (including phenoxy) is 1. The zero-order valence-corrected chi connectivity index (χ0v) is 7.11. The van der Waals surface area contributed by atoms with Crippen LogP contribution in [0.2, 0.25) is 0 Å². The molecule has 0 aliphatic heterocycles. The first-order chi connectivity index (χ1) is 5.86. The number of hydrogen-bond donors (Lipinski definition) is 0. The van der Waals surface area contributed by atoms with Crippen LogP contribution in [0.25, 0.3) is 0 Å². The van der Waals surface area contributed by atoms with E-state index in [-0.39, 0.29) is 6.10 Å². The summed E-state index contributed by atoms with van der Waals surface area (Å²) in [6.07, 6.45) is 3.92. The van der Waals surface area contributed by atoms with Crippen molar-refractivity contribution in [2.75, 3.05) is 13.8 Å². The lowest BCUT2D eigenvalue weighted by atomic mass is 10.3. The molecule has 0 amide bonds. The van der Waals surface area contributed by atoms with Gasteiger partial charge >= 0.3 is 0 Å².